The second-order valence-corrected chi connectivity index (χ2v) is 5.98. The summed E-state index contributed by atoms with van der Waals surface area (Å²) in [6, 6.07) is 6.15. The third-order valence-corrected chi connectivity index (χ3v) is 4.48. The van der Waals surface area contributed by atoms with Crippen LogP contribution in [0.2, 0.25) is 0 Å². The van der Waals surface area contributed by atoms with Gasteiger partial charge in [0.1, 0.15) is 0 Å². The maximum absolute atomic E-state index is 10.1. The Morgan fingerprint density at radius 1 is 1.38 bits per heavy atom. The first-order valence-corrected chi connectivity index (χ1v) is 6.53. The van der Waals surface area contributed by atoms with Crippen molar-refractivity contribution in [2.24, 2.45) is 0 Å². The van der Waals surface area contributed by atoms with Crippen LogP contribution in [0.25, 0.3) is 10.2 Å². The van der Waals surface area contributed by atoms with Gasteiger partial charge in [-0.1, -0.05) is 19.9 Å². The van der Waals surface area contributed by atoms with Gasteiger partial charge in [-0.15, -0.1) is 11.3 Å². The zero-order chi connectivity index (χ0) is 11.3. The molecule has 0 saturated heterocycles. The van der Waals surface area contributed by atoms with Crippen molar-refractivity contribution in [3.8, 4) is 0 Å². The molecule has 2 aromatic rings. The molecular formula is C13H15NOS. The molecule has 0 spiro atoms. The van der Waals surface area contributed by atoms with E-state index < -0.39 is 5.60 Å². The van der Waals surface area contributed by atoms with Crippen LogP contribution in [0.1, 0.15) is 43.2 Å². The Labute approximate surface area is 99.0 Å². The predicted molar refractivity (Wildman–Crippen MR) is 66.8 cm³/mol. The summed E-state index contributed by atoms with van der Waals surface area (Å²) in [5, 5.41) is 11.2. The summed E-state index contributed by atoms with van der Waals surface area (Å²) in [5.41, 5.74) is 1.58. The maximum atomic E-state index is 10.1. The zero-order valence-corrected chi connectivity index (χ0v) is 10.3. The van der Waals surface area contributed by atoms with Crippen LogP contribution in [-0.2, 0) is 5.60 Å². The van der Waals surface area contributed by atoms with E-state index in [9.17, 15) is 5.11 Å². The van der Waals surface area contributed by atoms with Crippen molar-refractivity contribution in [2.75, 3.05) is 0 Å². The van der Waals surface area contributed by atoms with Gasteiger partial charge < -0.3 is 5.11 Å². The van der Waals surface area contributed by atoms with E-state index in [1.807, 2.05) is 12.1 Å². The van der Waals surface area contributed by atoms with E-state index >= 15 is 0 Å². The van der Waals surface area contributed by atoms with Gasteiger partial charge in [-0.05, 0) is 30.5 Å². The topological polar surface area (TPSA) is 33.1 Å². The van der Waals surface area contributed by atoms with Crippen LogP contribution in [-0.4, -0.2) is 10.1 Å². The minimum absolute atomic E-state index is 0.477. The number of fused-ring (bicyclic) bond motifs is 1. The summed E-state index contributed by atoms with van der Waals surface area (Å²) >= 11 is 1.74. The van der Waals surface area contributed by atoms with E-state index in [-0.39, 0.29) is 0 Å². The first-order chi connectivity index (χ1) is 7.58. The summed E-state index contributed by atoms with van der Waals surface area (Å²) in [4.78, 5) is 4.59. The lowest BCUT2D eigenvalue weighted by Crippen LogP contribution is -2.02. The van der Waals surface area contributed by atoms with E-state index in [1.165, 1.54) is 9.71 Å². The minimum atomic E-state index is -0.532. The largest absolute Gasteiger partial charge is 0.385 e. The van der Waals surface area contributed by atoms with Crippen molar-refractivity contribution in [3.63, 3.8) is 0 Å². The van der Waals surface area contributed by atoms with E-state index in [0.29, 0.717) is 5.92 Å². The van der Waals surface area contributed by atoms with E-state index in [4.69, 9.17) is 0 Å². The van der Waals surface area contributed by atoms with Gasteiger partial charge in [-0.3, -0.25) is 0 Å². The van der Waals surface area contributed by atoms with E-state index in [1.54, 1.807) is 11.3 Å². The first-order valence-electron chi connectivity index (χ1n) is 5.72. The van der Waals surface area contributed by atoms with Crippen LogP contribution in [0, 0.1) is 0 Å². The summed E-state index contributed by atoms with van der Waals surface area (Å²) in [6.07, 6.45) is 1.79. The lowest BCUT2D eigenvalue weighted by atomic mass is 10.1. The van der Waals surface area contributed by atoms with Crippen molar-refractivity contribution in [3.05, 3.63) is 28.8 Å². The molecule has 2 nitrogen and oxygen atoms in total. The molecule has 84 valence electrons. The normalized spacial score (nSPS) is 18.2. The van der Waals surface area contributed by atoms with Crippen molar-refractivity contribution >= 4 is 21.6 Å². The smallest absolute Gasteiger partial charge is 0.0963 e. The highest BCUT2D eigenvalue weighted by Gasteiger charge is 2.42. The Hall–Kier alpha value is -0.930. The Morgan fingerprint density at radius 2 is 2.12 bits per heavy atom. The van der Waals surface area contributed by atoms with Gasteiger partial charge in [0.25, 0.3) is 0 Å². The molecular weight excluding hydrogens is 218 g/mol. The van der Waals surface area contributed by atoms with Crippen LogP contribution in [0.3, 0.4) is 0 Å². The lowest BCUT2D eigenvalue weighted by molar-refractivity contribution is 0.151. The lowest BCUT2D eigenvalue weighted by Gasteiger charge is -2.06. The fourth-order valence-electron chi connectivity index (χ4n) is 1.89. The molecule has 0 atom stereocenters. The maximum Gasteiger partial charge on any atom is 0.0963 e. The molecule has 0 radical (unpaired) electrons. The van der Waals surface area contributed by atoms with Crippen molar-refractivity contribution in [1.82, 2.24) is 4.98 Å². The minimum Gasteiger partial charge on any atom is -0.385 e. The van der Waals surface area contributed by atoms with Gasteiger partial charge in [-0.25, -0.2) is 4.98 Å². The molecule has 0 bridgehead atoms. The number of benzene rings is 1. The quantitative estimate of drug-likeness (QED) is 0.862. The highest BCUT2D eigenvalue weighted by atomic mass is 32.1. The third kappa shape index (κ3) is 1.55. The SMILES string of the molecule is CC(C)c1nc2ccc(C3(O)CC3)cc2s1. The van der Waals surface area contributed by atoms with Gasteiger partial charge in [-0.2, -0.15) is 0 Å². The molecule has 1 aromatic carbocycles. The van der Waals surface area contributed by atoms with Gasteiger partial charge in [0, 0.05) is 5.92 Å². The molecule has 0 unspecified atom stereocenters. The summed E-state index contributed by atoms with van der Waals surface area (Å²) in [6.45, 7) is 4.32. The standard InChI is InChI=1S/C13H15NOS/c1-8(2)12-14-10-4-3-9(7-11(10)16-12)13(15)5-6-13/h3-4,7-8,15H,5-6H2,1-2H3. The Morgan fingerprint density at radius 3 is 2.75 bits per heavy atom. The van der Waals surface area contributed by atoms with Crippen LogP contribution < -0.4 is 0 Å². The molecule has 1 heterocycles. The highest BCUT2D eigenvalue weighted by Crippen LogP contribution is 2.46. The average molecular weight is 233 g/mol. The fourth-order valence-corrected chi connectivity index (χ4v) is 2.90. The Bertz CT molecular complexity index is 540. The first kappa shape index (κ1) is 10.2. The van der Waals surface area contributed by atoms with Crippen molar-refractivity contribution < 1.29 is 5.11 Å². The fraction of sp³-hybridized carbons (Fsp3) is 0.462. The van der Waals surface area contributed by atoms with Gasteiger partial charge >= 0.3 is 0 Å². The van der Waals surface area contributed by atoms with Gasteiger partial charge in [0.15, 0.2) is 0 Å². The molecule has 1 aliphatic rings. The monoisotopic (exact) mass is 233 g/mol. The molecule has 1 fully saturated rings. The van der Waals surface area contributed by atoms with Gasteiger partial charge in [0.2, 0.25) is 0 Å². The van der Waals surface area contributed by atoms with Crippen LogP contribution >= 0.6 is 11.3 Å². The number of rotatable bonds is 2. The van der Waals surface area contributed by atoms with Crippen molar-refractivity contribution in [1.29, 1.82) is 0 Å². The molecule has 1 saturated carbocycles. The number of thiazole rings is 1. The predicted octanol–water partition coefficient (Wildman–Crippen LogP) is 3.40. The van der Waals surface area contributed by atoms with Crippen LogP contribution in [0.4, 0.5) is 0 Å². The van der Waals surface area contributed by atoms with E-state index in [2.05, 4.69) is 24.9 Å². The number of hydrogen-bond acceptors (Lipinski definition) is 3. The highest BCUT2D eigenvalue weighted by molar-refractivity contribution is 7.18. The second-order valence-electron chi connectivity index (χ2n) is 4.92. The zero-order valence-electron chi connectivity index (χ0n) is 9.53. The molecule has 0 aliphatic heterocycles. The number of hydrogen-bond donors (Lipinski definition) is 1. The number of aliphatic hydroxyl groups is 1. The van der Waals surface area contributed by atoms with Gasteiger partial charge in [0.05, 0.1) is 20.8 Å². The van der Waals surface area contributed by atoms with E-state index in [0.717, 1.165) is 23.9 Å². The summed E-state index contributed by atoms with van der Waals surface area (Å²) in [5.74, 6) is 0.477. The van der Waals surface area contributed by atoms with Crippen LogP contribution in [0.5, 0.6) is 0 Å². The molecule has 1 aliphatic carbocycles. The molecule has 1 aromatic heterocycles. The Balaban J connectivity index is 2.10. The molecule has 0 amide bonds. The Kier molecular flexibility index (Phi) is 2.10. The van der Waals surface area contributed by atoms with Crippen molar-refractivity contribution in [2.45, 2.75) is 38.2 Å². The molecule has 1 N–H and O–H groups in total. The third-order valence-electron chi connectivity index (χ3n) is 3.16. The molecule has 16 heavy (non-hydrogen) atoms. The number of aromatic nitrogens is 1. The average Bonchev–Trinajstić information content (AvgIpc) is 2.86. The molecule has 3 rings (SSSR count). The molecule has 3 heteroatoms. The van der Waals surface area contributed by atoms with Crippen LogP contribution in [0.15, 0.2) is 18.2 Å². The second kappa shape index (κ2) is 3.28. The number of nitrogens with zero attached hydrogens (tertiary/aromatic N) is 1. The summed E-state index contributed by atoms with van der Waals surface area (Å²) < 4.78 is 1.20. The summed E-state index contributed by atoms with van der Waals surface area (Å²) in [7, 11) is 0.